The fraction of sp³-hybridized carbons (Fsp3) is 0.364. The molecule has 15 heavy (non-hydrogen) atoms. The van der Waals surface area contributed by atoms with Crippen LogP contribution in [-0.4, -0.2) is 18.8 Å². The van der Waals surface area contributed by atoms with Gasteiger partial charge in [0.25, 0.3) is 0 Å². The number of hydrogen-bond acceptors (Lipinski definition) is 2. The van der Waals surface area contributed by atoms with Crippen molar-refractivity contribution in [2.75, 3.05) is 13.0 Å². The van der Waals surface area contributed by atoms with E-state index in [0.717, 1.165) is 5.56 Å². The summed E-state index contributed by atoms with van der Waals surface area (Å²) in [5.74, 6) is 0.908. The Labute approximate surface area is 99.1 Å². The van der Waals surface area contributed by atoms with Crippen LogP contribution < -0.4 is 4.74 Å². The highest BCUT2D eigenvalue weighted by Gasteiger charge is 2.12. The Morgan fingerprint density at radius 2 is 2.13 bits per heavy atom. The van der Waals surface area contributed by atoms with E-state index in [1.807, 2.05) is 6.92 Å². The molecule has 4 heteroatoms. The molecule has 1 aromatic rings. The standard InChI is InChI=1S/C11H12Cl2O2/c1-7-5-11(15-2)9(13)6-8(7)10(14)3-4-12/h5-6H,3-4H2,1-2H3. The Balaban J connectivity index is 3.10. The zero-order chi connectivity index (χ0) is 11.4. The molecule has 0 bridgehead atoms. The van der Waals surface area contributed by atoms with Crippen LogP contribution in [-0.2, 0) is 0 Å². The van der Waals surface area contributed by atoms with Crippen molar-refractivity contribution in [1.29, 1.82) is 0 Å². The number of ketones is 1. The summed E-state index contributed by atoms with van der Waals surface area (Å²) < 4.78 is 5.05. The van der Waals surface area contributed by atoms with Crippen LogP contribution >= 0.6 is 23.2 Å². The van der Waals surface area contributed by atoms with Gasteiger partial charge in [0.15, 0.2) is 5.78 Å². The molecule has 0 N–H and O–H groups in total. The topological polar surface area (TPSA) is 26.3 Å². The van der Waals surface area contributed by atoms with E-state index in [-0.39, 0.29) is 5.78 Å². The summed E-state index contributed by atoms with van der Waals surface area (Å²) >= 11 is 11.5. The van der Waals surface area contributed by atoms with Gasteiger partial charge in [-0.3, -0.25) is 4.79 Å². The summed E-state index contributed by atoms with van der Waals surface area (Å²) in [6.45, 7) is 1.85. The Morgan fingerprint density at radius 3 is 2.67 bits per heavy atom. The quantitative estimate of drug-likeness (QED) is 0.601. The van der Waals surface area contributed by atoms with E-state index >= 15 is 0 Å². The second-order valence-electron chi connectivity index (χ2n) is 3.16. The molecule has 1 aromatic carbocycles. The maximum absolute atomic E-state index is 11.6. The van der Waals surface area contributed by atoms with Crippen LogP contribution in [0.1, 0.15) is 22.3 Å². The van der Waals surface area contributed by atoms with Crippen molar-refractivity contribution in [3.63, 3.8) is 0 Å². The molecule has 0 unspecified atom stereocenters. The van der Waals surface area contributed by atoms with Gasteiger partial charge in [-0.2, -0.15) is 0 Å². The minimum absolute atomic E-state index is 0.00653. The molecule has 0 aromatic heterocycles. The van der Waals surface area contributed by atoms with E-state index in [2.05, 4.69) is 0 Å². The largest absolute Gasteiger partial charge is 0.495 e. The number of alkyl halides is 1. The molecule has 0 aliphatic heterocycles. The number of carbonyl (C=O) groups is 1. The van der Waals surface area contributed by atoms with Crippen molar-refractivity contribution in [1.82, 2.24) is 0 Å². The van der Waals surface area contributed by atoms with Crippen LogP contribution in [0.3, 0.4) is 0 Å². The van der Waals surface area contributed by atoms with Crippen LogP contribution in [0, 0.1) is 6.92 Å². The minimum atomic E-state index is 0.00653. The van der Waals surface area contributed by atoms with Crippen LogP contribution in [0.5, 0.6) is 5.75 Å². The van der Waals surface area contributed by atoms with Crippen molar-refractivity contribution in [2.45, 2.75) is 13.3 Å². The van der Waals surface area contributed by atoms with Gasteiger partial charge < -0.3 is 4.74 Å². The number of Topliss-reactive ketones (excluding diaryl/α,β-unsaturated/α-hetero) is 1. The lowest BCUT2D eigenvalue weighted by Crippen LogP contribution is -2.03. The molecule has 0 fully saturated rings. The molecule has 0 radical (unpaired) electrons. The third-order valence-electron chi connectivity index (χ3n) is 2.12. The number of methoxy groups -OCH3 is 1. The van der Waals surface area contributed by atoms with Crippen LogP contribution in [0.25, 0.3) is 0 Å². The number of hydrogen-bond donors (Lipinski definition) is 0. The predicted octanol–water partition coefficient (Wildman–Crippen LogP) is 3.47. The zero-order valence-corrected chi connectivity index (χ0v) is 10.2. The van der Waals surface area contributed by atoms with Crippen LogP contribution in [0.2, 0.25) is 5.02 Å². The molecule has 0 spiro atoms. The molecule has 0 aliphatic carbocycles. The summed E-state index contributed by atoms with van der Waals surface area (Å²) in [4.78, 5) is 11.6. The molecule has 0 atom stereocenters. The van der Waals surface area contributed by atoms with Crippen molar-refractivity contribution >= 4 is 29.0 Å². The molecule has 2 nitrogen and oxygen atoms in total. The first-order valence-electron chi connectivity index (χ1n) is 4.53. The van der Waals surface area contributed by atoms with E-state index in [4.69, 9.17) is 27.9 Å². The summed E-state index contributed by atoms with van der Waals surface area (Å²) in [6, 6.07) is 3.38. The van der Waals surface area contributed by atoms with Gasteiger partial charge >= 0.3 is 0 Å². The van der Waals surface area contributed by atoms with Gasteiger partial charge in [0.2, 0.25) is 0 Å². The second-order valence-corrected chi connectivity index (χ2v) is 3.95. The Hall–Kier alpha value is -0.730. The van der Waals surface area contributed by atoms with Gasteiger partial charge in [-0.1, -0.05) is 11.6 Å². The molecule has 0 amide bonds. The van der Waals surface area contributed by atoms with E-state index in [0.29, 0.717) is 28.6 Å². The normalized spacial score (nSPS) is 10.1. The Bertz CT molecular complexity index is 375. The van der Waals surface area contributed by atoms with E-state index in [1.165, 1.54) is 0 Å². The Kier molecular flexibility index (Phi) is 4.43. The third-order valence-corrected chi connectivity index (χ3v) is 2.61. The van der Waals surface area contributed by atoms with Crippen molar-refractivity contribution in [3.05, 3.63) is 28.3 Å². The predicted molar refractivity (Wildman–Crippen MR) is 62.4 cm³/mol. The average Bonchev–Trinajstić information content (AvgIpc) is 2.21. The molecule has 82 valence electrons. The highest BCUT2D eigenvalue weighted by molar-refractivity contribution is 6.32. The maximum atomic E-state index is 11.6. The number of carbonyl (C=O) groups excluding carboxylic acids is 1. The fourth-order valence-corrected chi connectivity index (χ4v) is 1.74. The van der Waals surface area contributed by atoms with Crippen molar-refractivity contribution in [3.8, 4) is 5.75 Å². The number of aryl methyl sites for hydroxylation is 1. The van der Waals surface area contributed by atoms with Crippen molar-refractivity contribution in [2.24, 2.45) is 0 Å². The smallest absolute Gasteiger partial charge is 0.164 e. The maximum Gasteiger partial charge on any atom is 0.164 e. The molecule has 0 saturated carbocycles. The van der Waals surface area contributed by atoms with Gasteiger partial charge in [-0.05, 0) is 24.6 Å². The minimum Gasteiger partial charge on any atom is -0.495 e. The Morgan fingerprint density at radius 1 is 1.47 bits per heavy atom. The van der Waals surface area contributed by atoms with Gasteiger partial charge in [-0.15, -0.1) is 11.6 Å². The van der Waals surface area contributed by atoms with E-state index in [9.17, 15) is 4.79 Å². The highest BCUT2D eigenvalue weighted by Crippen LogP contribution is 2.28. The van der Waals surface area contributed by atoms with Crippen LogP contribution in [0.4, 0.5) is 0 Å². The summed E-state index contributed by atoms with van der Waals surface area (Å²) in [5, 5.41) is 0.445. The lowest BCUT2D eigenvalue weighted by Gasteiger charge is -2.08. The molecule has 0 heterocycles. The van der Waals surface area contributed by atoms with E-state index < -0.39 is 0 Å². The third kappa shape index (κ3) is 2.86. The SMILES string of the molecule is COc1cc(C)c(C(=O)CCCl)cc1Cl. The lowest BCUT2D eigenvalue weighted by molar-refractivity contribution is 0.0988. The van der Waals surface area contributed by atoms with Gasteiger partial charge in [0, 0.05) is 17.9 Å². The fourth-order valence-electron chi connectivity index (χ4n) is 1.33. The highest BCUT2D eigenvalue weighted by atomic mass is 35.5. The lowest BCUT2D eigenvalue weighted by atomic mass is 10.0. The first kappa shape index (κ1) is 12.3. The number of rotatable bonds is 4. The number of ether oxygens (including phenoxy) is 1. The first-order valence-corrected chi connectivity index (χ1v) is 5.44. The molecule has 0 saturated heterocycles. The molecular weight excluding hydrogens is 235 g/mol. The van der Waals surface area contributed by atoms with E-state index in [1.54, 1.807) is 19.2 Å². The monoisotopic (exact) mass is 246 g/mol. The summed E-state index contributed by atoms with van der Waals surface area (Å²) in [5.41, 5.74) is 1.47. The van der Waals surface area contributed by atoms with Gasteiger partial charge in [-0.25, -0.2) is 0 Å². The second kappa shape index (κ2) is 5.38. The summed E-state index contributed by atoms with van der Waals surface area (Å²) in [6.07, 6.45) is 0.324. The molecule has 1 rings (SSSR count). The zero-order valence-electron chi connectivity index (χ0n) is 8.64. The molecular formula is C11H12Cl2O2. The first-order chi connectivity index (χ1) is 7.10. The number of halogens is 2. The summed E-state index contributed by atoms with van der Waals surface area (Å²) in [7, 11) is 1.54. The van der Waals surface area contributed by atoms with Gasteiger partial charge in [0.05, 0.1) is 12.1 Å². The molecule has 0 aliphatic rings. The van der Waals surface area contributed by atoms with Crippen molar-refractivity contribution < 1.29 is 9.53 Å². The van der Waals surface area contributed by atoms with Crippen LogP contribution in [0.15, 0.2) is 12.1 Å². The number of benzene rings is 1. The average molecular weight is 247 g/mol. The van der Waals surface area contributed by atoms with Gasteiger partial charge in [0.1, 0.15) is 5.75 Å².